The minimum atomic E-state index is -0.214. The first-order chi connectivity index (χ1) is 9.26. The van der Waals surface area contributed by atoms with Crippen molar-refractivity contribution >= 4 is 5.69 Å². The number of aliphatic hydroxyl groups excluding tert-OH is 1. The van der Waals surface area contributed by atoms with Crippen LogP contribution in [0.1, 0.15) is 12.0 Å². The van der Waals surface area contributed by atoms with E-state index in [1.807, 2.05) is 12.1 Å². The fraction of sp³-hybridized carbons (Fsp3) is 0.250. The van der Waals surface area contributed by atoms with E-state index in [0.717, 1.165) is 29.7 Å². The van der Waals surface area contributed by atoms with E-state index in [4.69, 9.17) is 0 Å². The van der Waals surface area contributed by atoms with Crippen molar-refractivity contribution in [2.45, 2.75) is 18.9 Å². The lowest BCUT2D eigenvalue weighted by molar-refractivity contribution is 0.267. The molecule has 0 fully saturated rings. The minimum Gasteiger partial charge on any atom is -0.394 e. The number of aliphatic hydroxyl groups is 1. The van der Waals surface area contributed by atoms with E-state index in [2.05, 4.69) is 11.4 Å². The summed E-state index contributed by atoms with van der Waals surface area (Å²) >= 11 is 0. The van der Waals surface area contributed by atoms with Crippen molar-refractivity contribution in [3.8, 4) is 11.1 Å². The number of aryl methyl sites for hydroxylation is 1. The summed E-state index contributed by atoms with van der Waals surface area (Å²) in [5.41, 5.74) is 4.47. The molecule has 0 saturated heterocycles. The summed E-state index contributed by atoms with van der Waals surface area (Å²) < 4.78 is 12.9. The second-order valence-electron chi connectivity index (χ2n) is 4.94. The summed E-state index contributed by atoms with van der Waals surface area (Å²) in [6.07, 6.45) is 1.90. The fourth-order valence-electron chi connectivity index (χ4n) is 2.52. The summed E-state index contributed by atoms with van der Waals surface area (Å²) in [6.45, 7) is 0.166. The molecule has 0 radical (unpaired) electrons. The van der Waals surface area contributed by atoms with Crippen LogP contribution in [0.4, 0.5) is 10.1 Å². The Bertz CT molecular complexity index is 580. The van der Waals surface area contributed by atoms with Crippen LogP contribution in [0.15, 0.2) is 42.5 Å². The van der Waals surface area contributed by atoms with Gasteiger partial charge in [-0.3, -0.25) is 0 Å². The smallest absolute Gasteiger partial charge is 0.123 e. The second-order valence-corrected chi connectivity index (χ2v) is 4.94. The lowest BCUT2D eigenvalue weighted by atomic mass is 9.94. The van der Waals surface area contributed by atoms with Crippen molar-refractivity contribution in [2.24, 2.45) is 0 Å². The Kier molecular flexibility index (Phi) is 3.22. The van der Waals surface area contributed by atoms with Crippen LogP contribution in [0, 0.1) is 5.82 Å². The van der Waals surface area contributed by atoms with Crippen molar-refractivity contribution in [3.05, 3.63) is 53.8 Å². The Morgan fingerprint density at radius 1 is 1.11 bits per heavy atom. The molecule has 0 spiro atoms. The molecular formula is C16H16FNO. The van der Waals surface area contributed by atoms with Gasteiger partial charge in [0.1, 0.15) is 5.82 Å². The third kappa shape index (κ3) is 2.47. The van der Waals surface area contributed by atoms with Gasteiger partial charge in [0.2, 0.25) is 0 Å². The molecule has 1 aliphatic rings. The molecule has 2 N–H and O–H groups in total. The quantitative estimate of drug-likeness (QED) is 0.865. The van der Waals surface area contributed by atoms with Crippen molar-refractivity contribution < 1.29 is 9.50 Å². The first-order valence-corrected chi connectivity index (χ1v) is 6.52. The maximum absolute atomic E-state index is 12.9. The highest BCUT2D eigenvalue weighted by molar-refractivity contribution is 5.69. The zero-order valence-corrected chi connectivity index (χ0v) is 10.6. The van der Waals surface area contributed by atoms with E-state index >= 15 is 0 Å². The molecule has 1 heterocycles. The molecule has 1 aliphatic heterocycles. The van der Waals surface area contributed by atoms with Gasteiger partial charge in [-0.2, -0.15) is 0 Å². The Hall–Kier alpha value is -1.87. The number of anilines is 1. The average Bonchev–Trinajstić information content (AvgIpc) is 2.47. The van der Waals surface area contributed by atoms with Gasteiger partial charge < -0.3 is 10.4 Å². The molecule has 3 heteroatoms. The monoisotopic (exact) mass is 257 g/mol. The van der Waals surface area contributed by atoms with Crippen LogP contribution >= 0.6 is 0 Å². The molecule has 0 bridgehead atoms. The van der Waals surface area contributed by atoms with E-state index in [1.54, 1.807) is 12.1 Å². The van der Waals surface area contributed by atoms with Gasteiger partial charge in [0.15, 0.2) is 0 Å². The molecule has 2 nitrogen and oxygen atoms in total. The molecule has 19 heavy (non-hydrogen) atoms. The lowest BCUT2D eigenvalue weighted by Gasteiger charge is -2.26. The van der Waals surface area contributed by atoms with Crippen molar-refractivity contribution in [1.82, 2.24) is 0 Å². The summed E-state index contributed by atoms with van der Waals surface area (Å²) in [5, 5.41) is 12.5. The molecule has 0 aromatic heterocycles. The number of hydrogen-bond acceptors (Lipinski definition) is 2. The maximum Gasteiger partial charge on any atom is 0.123 e. The molecule has 1 unspecified atom stereocenters. The van der Waals surface area contributed by atoms with Crippen LogP contribution in [0.3, 0.4) is 0 Å². The van der Waals surface area contributed by atoms with Crippen LogP contribution < -0.4 is 5.32 Å². The molecule has 2 aromatic carbocycles. The largest absolute Gasteiger partial charge is 0.394 e. The zero-order chi connectivity index (χ0) is 13.2. The van der Waals surface area contributed by atoms with Crippen LogP contribution in [-0.4, -0.2) is 17.8 Å². The standard InChI is InChI=1S/C16H16FNO/c17-14-5-1-11(2-6-14)12-4-8-16-13(9-12)3-7-15(10-19)18-16/h1-2,4-6,8-9,15,18-19H,3,7,10H2. The molecular weight excluding hydrogens is 241 g/mol. The lowest BCUT2D eigenvalue weighted by Crippen LogP contribution is -2.28. The van der Waals surface area contributed by atoms with Crippen LogP contribution in [0.2, 0.25) is 0 Å². The van der Waals surface area contributed by atoms with Crippen LogP contribution in [0.5, 0.6) is 0 Å². The highest BCUT2D eigenvalue weighted by atomic mass is 19.1. The summed E-state index contributed by atoms with van der Waals surface area (Å²) in [6, 6.07) is 12.9. The molecule has 2 aromatic rings. The third-order valence-corrected chi connectivity index (χ3v) is 3.62. The van der Waals surface area contributed by atoms with E-state index < -0.39 is 0 Å². The van der Waals surface area contributed by atoms with Crippen LogP contribution in [-0.2, 0) is 6.42 Å². The fourth-order valence-corrected chi connectivity index (χ4v) is 2.52. The zero-order valence-electron chi connectivity index (χ0n) is 10.6. The van der Waals surface area contributed by atoms with Gasteiger partial charge >= 0.3 is 0 Å². The van der Waals surface area contributed by atoms with Gasteiger partial charge in [-0.15, -0.1) is 0 Å². The number of fused-ring (bicyclic) bond motifs is 1. The highest BCUT2D eigenvalue weighted by Crippen LogP contribution is 2.30. The van der Waals surface area contributed by atoms with E-state index in [-0.39, 0.29) is 18.5 Å². The van der Waals surface area contributed by atoms with Crippen molar-refractivity contribution in [3.63, 3.8) is 0 Å². The number of nitrogens with one attached hydrogen (secondary N) is 1. The maximum atomic E-state index is 12.9. The predicted octanol–water partition coefficient (Wildman–Crippen LogP) is 3.21. The number of halogens is 1. The number of hydrogen-bond donors (Lipinski definition) is 2. The summed E-state index contributed by atoms with van der Waals surface area (Å²) in [7, 11) is 0. The number of rotatable bonds is 2. The summed E-state index contributed by atoms with van der Waals surface area (Å²) in [4.78, 5) is 0. The second kappa shape index (κ2) is 5.02. The van der Waals surface area contributed by atoms with Gasteiger partial charge in [-0.25, -0.2) is 4.39 Å². The first-order valence-electron chi connectivity index (χ1n) is 6.52. The number of benzene rings is 2. The van der Waals surface area contributed by atoms with Gasteiger partial charge in [-0.05, 0) is 53.8 Å². The summed E-state index contributed by atoms with van der Waals surface area (Å²) in [5.74, 6) is -0.214. The first kappa shape index (κ1) is 12.2. The minimum absolute atomic E-state index is 0.157. The Morgan fingerprint density at radius 2 is 1.84 bits per heavy atom. The molecule has 3 rings (SSSR count). The topological polar surface area (TPSA) is 32.3 Å². The molecule has 0 aliphatic carbocycles. The SMILES string of the molecule is OCC1CCc2cc(-c3ccc(F)cc3)ccc2N1. The normalized spacial score (nSPS) is 17.7. The third-order valence-electron chi connectivity index (χ3n) is 3.62. The van der Waals surface area contributed by atoms with Crippen molar-refractivity contribution in [2.75, 3.05) is 11.9 Å². The van der Waals surface area contributed by atoms with Gasteiger partial charge in [0.05, 0.1) is 6.61 Å². The molecule has 98 valence electrons. The highest BCUT2D eigenvalue weighted by Gasteiger charge is 2.17. The Balaban J connectivity index is 1.92. The van der Waals surface area contributed by atoms with Gasteiger partial charge in [-0.1, -0.05) is 18.2 Å². The van der Waals surface area contributed by atoms with E-state index in [1.165, 1.54) is 17.7 Å². The van der Waals surface area contributed by atoms with Crippen LogP contribution in [0.25, 0.3) is 11.1 Å². The molecule has 1 atom stereocenters. The van der Waals surface area contributed by atoms with Gasteiger partial charge in [0.25, 0.3) is 0 Å². The molecule has 0 saturated carbocycles. The van der Waals surface area contributed by atoms with Crippen molar-refractivity contribution in [1.29, 1.82) is 0 Å². The Labute approximate surface area is 111 Å². The van der Waals surface area contributed by atoms with Gasteiger partial charge in [0, 0.05) is 11.7 Å². The Morgan fingerprint density at radius 3 is 2.58 bits per heavy atom. The van der Waals surface area contributed by atoms with E-state index in [9.17, 15) is 9.50 Å². The van der Waals surface area contributed by atoms with E-state index in [0.29, 0.717) is 0 Å². The molecule has 0 amide bonds. The average molecular weight is 257 g/mol. The predicted molar refractivity (Wildman–Crippen MR) is 74.7 cm³/mol.